The molecule has 6 heteroatoms. The third-order valence-corrected chi connectivity index (χ3v) is 19.0. The standard InChI is InChI=1S/C81H157NO5/c1-3-5-7-9-11-13-15-17-19-20-21-37-40-43-46-49-53-57-61-65-69-73-79(84)78(77-83)82-80(85)74-70-66-62-58-54-50-47-44-41-38-35-33-31-29-27-25-23-22-24-26-28-30-32-34-36-39-42-45-48-52-56-60-64-68-72-76-87-81(86)75-71-67-63-59-55-51-18-16-14-12-10-8-6-4-2/h24,26,69,73,78-79,83-84H,3-23,25,27-68,70-72,74-77H2,1-2H3,(H,82,85)/b26-24-,73-69+. The van der Waals surface area contributed by atoms with Crippen molar-refractivity contribution in [1.29, 1.82) is 0 Å². The van der Waals surface area contributed by atoms with Crippen molar-refractivity contribution in [2.45, 2.75) is 469 Å². The van der Waals surface area contributed by atoms with Gasteiger partial charge in [-0.15, -0.1) is 0 Å². The van der Waals surface area contributed by atoms with Crippen molar-refractivity contribution < 1.29 is 24.5 Å². The Kier molecular flexibility index (Phi) is 75.3. The van der Waals surface area contributed by atoms with E-state index in [1.165, 1.54) is 392 Å². The topological polar surface area (TPSA) is 95.9 Å². The molecule has 0 spiro atoms. The van der Waals surface area contributed by atoms with E-state index < -0.39 is 12.1 Å². The van der Waals surface area contributed by atoms with E-state index in [9.17, 15) is 19.8 Å². The van der Waals surface area contributed by atoms with Gasteiger partial charge in [-0.3, -0.25) is 9.59 Å². The Morgan fingerprint density at radius 3 is 0.816 bits per heavy atom. The molecule has 0 aromatic carbocycles. The van der Waals surface area contributed by atoms with Crippen LogP contribution in [0.25, 0.3) is 0 Å². The number of amides is 1. The number of ether oxygens (including phenoxy) is 1. The summed E-state index contributed by atoms with van der Waals surface area (Å²) >= 11 is 0. The Hall–Kier alpha value is -1.66. The molecule has 0 aliphatic heterocycles. The third kappa shape index (κ3) is 73.3. The van der Waals surface area contributed by atoms with Crippen LogP contribution in [0.3, 0.4) is 0 Å². The molecule has 0 radical (unpaired) electrons. The third-order valence-electron chi connectivity index (χ3n) is 19.0. The summed E-state index contributed by atoms with van der Waals surface area (Å²) < 4.78 is 5.50. The summed E-state index contributed by atoms with van der Waals surface area (Å²) in [5.74, 6) is -0.0363. The molecule has 0 saturated heterocycles. The second-order valence-corrected chi connectivity index (χ2v) is 27.8. The van der Waals surface area contributed by atoms with Gasteiger partial charge in [-0.1, -0.05) is 411 Å². The van der Waals surface area contributed by atoms with Gasteiger partial charge < -0.3 is 20.3 Å². The first kappa shape index (κ1) is 85.3. The van der Waals surface area contributed by atoms with E-state index in [4.69, 9.17) is 4.74 Å². The lowest BCUT2D eigenvalue weighted by Gasteiger charge is -2.20. The van der Waals surface area contributed by atoms with Crippen molar-refractivity contribution in [2.75, 3.05) is 13.2 Å². The molecule has 2 unspecified atom stereocenters. The van der Waals surface area contributed by atoms with Gasteiger partial charge >= 0.3 is 5.97 Å². The summed E-state index contributed by atoms with van der Waals surface area (Å²) in [6.45, 7) is 4.96. The van der Waals surface area contributed by atoms with Crippen LogP contribution in [0.4, 0.5) is 0 Å². The molecule has 0 fully saturated rings. The number of aliphatic hydroxyl groups excluding tert-OH is 2. The average Bonchev–Trinajstić information content (AvgIpc) is 3.53. The number of aliphatic hydroxyl groups is 2. The van der Waals surface area contributed by atoms with Crippen LogP contribution in [0.2, 0.25) is 0 Å². The highest BCUT2D eigenvalue weighted by molar-refractivity contribution is 5.76. The summed E-state index contributed by atoms with van der Waals surface area (Å²) in [6, 6.07) is -0.626. The molecule has 1 amide bonds. The minimum absolute atomic E-state index is 0.0232. The molecular weight excluding hydrogens is 1070 g/mol. The van der Waals surface area contributed by atoms with E-state index in [0.29, 0.717) is 19.4 Å². The van der Waals surface area contributed by atoms with E-state index >= 15 is 0 Å². The zero-order chi connectivity index (χ0) is 62.8. The molecule has 0 aromatic heterocycles. The Balaban J connectivity index is 3.36. The van der Waals surface area contributed by atoms with Gasteiger partial charge in [0.05, 0.1) is 25.4 Å². The fourth-order valence-electron chi connectivity index (χ4n) is 12.9. The SMILES string of the molecule is CCCCCCCCCCCCCCCCCCCCC/C=C/C(O)C(CO)NC(=O)CCCCCCCCCCCCCCCCCCC/C=C\CCCCCCCCCCCCCCCCOC(=O)CCCCCCCCCCCCCCCC. The lowest BCUT2D eigenvalue weighted by molar-refractivity contribution is -0.143. The first-order valence-corrected chi connectivity index (χ1v) is 40.1. The van der Waals surface area contributed by atoms with Crippen LogP contribution in [0, 0.1) is 0 Å². The second kappa shape index (κ2) is 76.8. The molecule has 0 aliphatic rings. The summed E-state index contributed by atoms with van der Waals surface area (Å²) in [5, 5.41) is 23.3. The van der Waals surface area contributed by atoms with Gasteiger partial charge in [0.15, 0.2) is 0 Å². The van der Waals surface area contributed by atoms with Crippen LogP contribution in [0.15, 0.2) is 24.3 Å². The van der Waals surface area contributed by atoms with E-state index in [1.807, 2.05) is 6.08 Å². The summed E-state index contributed by atoms with van der Waals surface area (Å²) in [6.07, 6.45) is 98.8. The van der Waals surface area contributed by atoms with E-state index in [-0.39, 0.29) is 18.5 Å². The highest BCUT2D eigenvalue weighted by atomic mass is 16.5. The summed E-state index contributed by atoms with van der Waals surface area (Å²) in [4.78, 5) is 24.6. The molecule has 516 valence electrons. The maximum Gasteiger partial charge on any atom is 0.305 e. The lowest BCUT2D eigenvalue weighted by Crippen LogP contribution is -2.45. The van der Waals surface area contributed by atoms with Gasteiger partial charge in [-0.25, -0.2) is 0 Å². The highest BCUT2D eigenvalue weighted by Crippen LogP contribution is 2.20. The van der Waals surface area contributed by atoms with Crippen molar-refractivity contribution in [1.82, 2.24) is 5.32 Å². The number of carbonyl (C=O) groups is 2. The zero-order valence-electron chi connectivity index (χ0n) is 59.3. The molecule has 0 aromatic rings. The van der Waals surface area contributed by atoms with Gasteiger partial charge in [-0.2, -0.15) is 0 Å². The van der Waals surface area contributed by atoms with E-state index in [0.717, 1.165) is 38.5 Å². The van der Waals surface area contributed by atoms with Crippen LogP contribution in [-0.4, -0.2) is 47.4 Å². The predicted molar refractivity (Wildman–Crippen MR) is 384 cm³/mol. The Labute approximate surface area is 545 Å². The zero-order valence-corrected chi connectivity index (χ0v) is 59.3. The number of unbranched alkanes of at least 4 members (excludes halogenated alkanes) is 63. The Morgan fingerprint density at radius 2 is 0.540 bits per heavy atom. The Morgan fingerprint density at radius 1 is 0.310 bits per heavy atom. The fraction of sp³-hybridized carbons (Fsp3) is 0.926. The van der Waals surface area contributed by atoms with Gasteiger partial charge in [0, 0.05) is 12.8 Å². The largest absolute Gasteiger partial charge is 0.466 e. The number of allylic oxidation sites excluding steroid dienone is 3. The maximum absolute atomic E-state index is 12.5. The van der Waals surface area contributed by atoms with Gasteiger partial charge in [0.1, 0.15) is 0 Å². The highest BCUT2D eigenvalue weighted by Gasteiger charge is 2.18. The number of rotatable bonds is 76. The first-order chi connectivity index (χ1) is 43.0. The fourth-order valence-corrected chi connectivity index (χ4v) is 12.9. The maximum atomic E-state index is 12.5. The number of hydrogen-bond donors (Lipinski definition) is 3. The molecule has 0 rings (SSSR count). The minimum atomic E-state index is -0.843. The van der Waals surface area contributed by atoms with E-state index in [2.05, 4.69) is 31.3 Å². The van der Waals surface area contributed by atoms with E-state index in [1.54, 1.807) is 6.08 Å². The summed E-state index contributed by atoms with van der Waals surface area (Å²) in [5.41, 5.74) is 0. The molecule has 0 aliphatic carbocycles. The molecule has 0 saturated carbocycles. The van der Waals surface area contributed by atoms with Crippen molar-refractivity contribution in [3.63, 3.8) is 0 Å². The van der Waals surface area contributed by atoms with Crippen LogP contribution >= 0.6 is 0 Å². The van der Waals surface area contributed by atoms with Gasteiger partial charge in [0.25, 0.3) is 0 Å². The predicted octanol–water partition coefficient (Wildman–Crippen LogP) is 26.4. The Bertz CT molecular complexity index is 1360. The monoisotopic (exact) mass is 1220 g/mol. The molecule has 0 bridgehead atoms. The number of carbonyl (C=O) groups excluding carboxylic acids is 2. The molecule has 2 atom stereocenters. The van der Waals surface area contributed by atoms with Gasteiger partial charge in [-0.05, 0) is 57.8 Å². The number of hydrogen-bond acceptors (Lipinski definition) is 5. The van der Waals surface area contributed by atoms with Crippen molar-refractivity contribution in [3.8, 4) is 0 Å². The van der Waals surface area contributed by atoms with Crippen molar-refractivity contribution in [2.24, 2.45) is 0 Å². The van der Waals surface area contributed by atoms with Crippen molar-refractivity contribution in [3.05, 3.63) is 24.3 Å². The van der Waals surface area contributed by atoms with Crippen LogP contribution in [0.5, 0.6) is 0 Å². The lowest BCUT2D eigenvalue weighted by atomic mass is 10.0. The quantitative estimate of drug-likeness (QED) is 0.0320. The number of esters is 1. The molecule has 3 N–H and O–H groups in total. The van der Waals surface area contributed by atoms with Crippen molar-refractivity contribution >= 4 is 11.9 Å². The molecular formula is C81H157NO5. The molecule has 6 nitrogen and oxygen atoms in total. The van der Waals surface area contributed by atoms with Crippen LogP contribution in [-0.2, 0) is 14.3 Å². The molecule has 87 heavy (non-hydrogen) atoms. The van der Waals surface area contributed by atoms with Crippen LogP contribution in [0.1, 0.15) is 457 Å². The summed E-state index contributed by atoms with van der Waals surface area (Å²) in [7, 11) is 0. The average molecular weight is 1230 g/mol. The second-order valence-electron chi connectivity index (χ2n) is 27.8. The van der Waals surface area contributed by atoms with Crippen LogP contribution < -0.4 is 5.32 Å². The first-order valence-electron chi connectivity index (χ1n) is 40.1. The van der Waals surface area contributed by atoms with Gasteiger partial charge in [0.2, 0.25) is 5.91 Å². The smallest absolute Gasteiger partial charge is 0.305 e. The number of nitrogens with one attached hydrogen (secondary N) is 1. The normalized spacial score (nSPS) is 12.6. The molecule has 0 heterocycles. The minimum Gasteiger partial charge on any atom is -0.466 e.